The minimum Gasteiger partial charge on any atom is -0.207 e. The van der Waals surface area contributed by atoms with E-state index in [4.69, 9.17) is 11.6 Å². The number of alkyl halides is 1. The molecule has 1 atom stereocenters. The van der Waals surface area contributed by atoms with Crippen molar-refractivity contribution in [3.8, 4) is 0 Å². The summed E-state index contributed by atoms with van der Waals surface area (Å²) < 4.78 is 27.7. The third kappa shape index (κ3) is 3.15. The molecule has 4 heteroatoms. The molecule has 0 aliphatic heterocycles. The van der Waals surface area contributed by atoms with E-state index in [2.05, 4.69) is 15.9 Å². The Bertz CT molecular complexity index is 578. The van der Waals surface area contributed by atoms with Crippen LogP contribution in [-0.4, -0.2) is 0 Å². The lowest BCUT2D eigenvalue weighted by Crippen LogP contribution is -2.02. The SMILES string of the molecule is Cc1cccc(C(Br)Cc2c(F)cccc2Cl)c1F. The Hall–Kier alpha value is -0.930. The lowest BCUT2D eigenvalue weighted by atomic mass is 10.0. The molecule has 0 bridgehead atoms. The number of hydrogen-bond donors (Lipinski definition) is 0. The van der Waals surface area contributed by atoms with Crippen LogP contribution in [0.1, 0.15) is 21.5 Å². The van der Waals surface area contributed by atoms with Crippen molar-refractivity contribution in [2.75, 3.05) is 0 Å². The van der Waals surface area contributed by atoms with Gasteiger partial charge in [-0.15, -0.1) is 0 Å². The third-order valence-corrected chi connectivity index (χ3v) is 4.18. The van der Waals surface area contributed by atoms with Crippen LogP contribution in [0.4, 0.5) is 8.78 Å². The fourth-order valence-electron chi connectivity index (χ4n) is 1.93. The van der Waals surface area contributed by atoms with Crippen LogP contribution in [0.2, 0.25) is 5.02 Å². The molecule has 2 aromatic carbocycles. The Labute approximate surface area is 124 Å². The second-order valence-electron chi connectivity index (χ2n) is 4.35. The summed E-state index contributed by atoms with van der Waals surface area (Å²) in [6.45, 7) is 1.70. The average Bonchev–Trinajstić information content (AvgIpc) is 2.37. The molecule has 0 aliphatic carbocycles. The van der Waals surface area contributed by atoms with E-state index in [-0.39, 0.29) is 16.5 Å². The lowest BCUT2D eigenvalue weighted by molar-refractivity contribution is 0.589. The summed E-state index contributed by atoms with van der Waals surface area (Å²) in [5, 5.41) is 0.359. The minimum absolute atomic E-state index is 0.267. The van der Waals surface area contributed by atoms with Gasteiger partial charge in [0, 0.05) is 21.0 Å². The van der Waals surface area contributed by atoms with Crippen LogP contribution < -0.4 is 0 Å². The first-order valence-electron chi connectivity index (χ1n) is 5.82. The van der Waals surface area contributed by atoms with E-state index in [1.54, 1.807) is 37.3 Å². The van der Waals surface area contributed by atoms with Gasteiger partial charge in [0.2, 0.25) is 0 Å². The molecule has 0 aromatic heterocycles. The van der Waals surface area contributed by atoms with Crippen LogP contribution in [0.3, 0.4) is 0 Å². The van der Waals surface area contributed by atoms with Gasteiger partial charge >= 0.3 is 0 Å². The van der Waals surface area contributed by atoms with Crippen LogP contribution in [0.5, 0.6) is 0 Å². The quantitative estimate of drug-likeness (QED) is 0.635. The maximum absolute atomic E-state index is 14.0. The Morgan fingerprint density at radius 3 is 2.53 bits per heavy atom. The molecule has 0 spiro atoms. The molecule has 1 unspecified atom stereocenters. The highest BCUT2D eigenvalue weighted by molar-refractivity contribution is 9.09. The van der Waals surface area contributed by atoms with Gasteiger partial charge < -0.3 is 0 Å². The van der Waals surface area contributed by atoms with Gasteiger partial charge in [-0.05, 0) is 31.0 Å². The molecule has 0 aliphatic rings. The van der Waals surface area contributed by atoms with Gasteiger partial charge in [-0.1, -0.05) is 51.8 Å². The second-order valence-corrected chi connectivity index (χ2v) is 5.86. The molecular weight excluding hydrogens is 334 g/mol. The summed E-state index contributed by atoms with van der Waals surface area (Å²) in [5.41, 5.74) is 1.48. The molecule has 100 valence electrons. The van der Waals surface area contributed by atoms with Crippen molar-refractivity contribution in [2.24, 2.45) is 0 Å². The number of rotatable bonds is 3. The first-order chi connectivity index (χ1) is 9.00. The van der Waals surface area contributed by atoms with Crippen LogP contribution >= 0.6 is 27.5 Å². The highest BCUT2D eigenvalue weighted by Gasteiger charge is 2.17. The van der Waals surface area contributed by atoms with E-state index in [0.717, 1.165) is 0 Å². The fourth-order valence-corrected chi connectivity index (χ4v) is 2.85. The van der Waals surface area contributed by atoms with Crippen molar-refractivity contribution >= 4 is 27.5 Å². The van der Waals surface area contributed by atoms with Crippen molar-refractivity contribution in [1.29, 1.82) is 0 Å². The molecule has 0 saturated carbocycles. The molecule has 0 nitrogen and oxygen atoms in total. The van der Waals surface area contributed by atoms with Crippen molar-refractivity contribution in [3.05, 3.63) is 69.7 Å². The normalized spacial score (nSPS) is 12.5. The number of aryl methyl sites for hydroxylation is 1. The van der Waals surface area contributed by atoms with E-state index in [0.29, 0.717) is 28.1 Å². The molecule has 0 N–H and O–H groups in total. The van der Waals surface area contributed by atoms with E-state index in [1.165, 1.54) is 6.07 Å². The minimum atomic E-state index is -0.370. The third-order valence-electron chi connectivity index (χ3n) is 3.00. The molecule has 19 heavy (non-hydrogen) atoms. The molecule has 2 rings (SSSR count). The Morgan fingerprint density at radius 1 is 1.16 bits per heavy atom. The molecule has 0 radical (unpaired) electrons. The second kappa shape index (κ2) is 6.02. The first kappa shape index (κ1) is 14.5. The van der Waals surface area contributed by atoms with E-state index in [1.807, 2.05) is 0 Å². The number of benzene rings is 2. The van der Waals surface area contributed by atoms with Gasteiger partial charge in [0.25, 0.3) is 0 Å². The summed E-state index contributed by atoms with van der Waals surface area (Å²) in [6, 6.07) is 9.72. The van der Waals surface area contributed by atoms with Crippen LogP contribution in [0.15, 0.2) is 36.4 Å². The molecule has 0 heterocycles. The zero-order chi connectivity index (χ0) is 14.0. The van der Waals surface area contributed by atoms with Crippen molar-refractivity contribution in [1.82, 2.24) is 0 Å². The molecule has 0 fully saturated rings. The summed E-state index contributed by atoms with van der Waals surface area (Å²) in [6.07, 6.45) is 0.298. The highest BCUT2D eigenvalue weighted by atomic mass is 79.9. The summed E-state index contributed by atoms with van der Waals surface area (Å²) in [4.78, 5) is -0.318. The van der Waals surface area contributed by atoms with Crippen molar-refractivity contribution < 1.29 is 8.78 Å². The van der Waals surface area contributed by atoms with Gasteiger partial charge in [0.1, 0.15) is 11.6 Å². The van der Waals surface area contributed by atoms with Gasteiger partial charge in [-0.3, -0.25) is 0 Å². The Balaban J connectivity index is 2.31. The Kier molecular flexibility index (Phi) is 4.58. The summed E-state index contributed by atoms with van der Waals surface area (Å²) in [7, 11) is 0. The van der Waals surface area contributed by atoms with Gasteiger partial charge in [-0.25, -0.2) is 8.78 Å². The summed E-state index contributed by atoms with van der Waals surface area (Å²) >= 11 is 9.39. The predicted octanol–water partition coefficient (Wildman–Crippen LogP) is 5.61. The molecular formula is C15H12BrClF2. The average molecular weight is 346 g/mol. The van der Waals surface area contributed by atoms with Crippen molar-refractivity contribution in [3.63, 3.8) is 0 Å². The molecule has 0 saturated heterocycles. The van der Waals surface area contributed by atoms with Crippen molar-refractivity contribution in [2.45, 2.75) is 18.2 Å². The van der Waals surface area contributed by atoms with Crippen LogP contribution in [0, 0.1) is 18.6 Å². The lowest BCUT2D eigenvalue weighted by Gasteiger charge is -2.14. The van der Waals surface area contributed by atoms with E-state index < -0.39 is 0 Å². The van der Waals surface area contributed by atoms with Crippen LogP contribution in [0.25, 0.3) is 0 Å². The molecule has 2 aromatic rings. The van der Waals surface area contributed by atoms with Gasteiger partial charge in [-0.2, -0.15) is 0 Å². The zero-order valence-electron chi connectivity index (χ0n) is 10.3. The monoisotopic (exact) mass is 344 g/mol. The standard InChI is InChI=1S/C15H12BrClF2/c1-9-4-2-5-10(15(9)19)12(16)8-11-13(17)6-3-7-14(11)18/h2-7,12H,8H2,1H3. The van der Waals surface area contributed by atoms with E-state index >= 15 is 0 Å². The number of hydrogen-bond acceptors (Lipinski definition) is 0. The highest BCUT2D eigenvalue weighted by Crippen LogP contribution is 2.33. The smallest absolute Gasteiger partial charge is 0.130 e. The van der Waals surface area contributed by atoms with Gasteiger partial charge in [0.05, 0.1) is 0 Å². The fraction of sp³-hybridized carbons (Fsp3) is 0.200. The largest absolute Gasteiger partial charge is 0.207 e. The maximum atomic E-state index is 14.0. The zero-order valence-corrected chi connectivity index (χ0v) is 12.6. The summed E-state index contributed by atoms with van der Waals surface area (Å²) in [5.74, 6) is -0.637. The topological polar surface area (TPSA) is 0 Å². The maximum Gasteiger partial charge on any atom is 0.130 e. The molecule has 0 amide bonds. The first-order valence-corrected chi connectivity index (χ1v) is 7.12. The predicted molar refractivity (Wildman–Crippen MR) is 77.9 cm³/mol. The Morgan fingerprint density at radius 2 is 1.84 bits per heavy atom. The van der Waals surface area contributed by atoms with E-state index in [9.17, 15) is 8.78 Å². The van der Waals surface area contributed by atoms with Crippen LogP contribution in [-0.2, 0) is 6.42 Å². The van der Waals surface area contributed by atoms with Gasteiger partial charge in [0.15, 0.2) is 0 Å². The number of halogens is 4.